The Morgan fingerprint density at radius 3 is 3.07 bits per heavy atom. The van der Waals surface area contributed by atoms with Crippen molar-refractivity contribution in [3.05, 3.63) is 17.5 Å². The van der Waals surface area contributed by atoms with Crippen LogP contribution in [0.2, 0.25) is 0 Å². The van der Waals surface area contributed by atoms with E-state index in [1.54, 1.807) is 11.1 Å². The van der Waals surface area contributed by atoms with Crippen molar-refractivity contribution >= 4 is 5.91 Å². The van der Waals surface area contributed by atoms with Gasteiger partial charge in [-0.3, -0.25) is 9.89 Å². The zero-order chi connectivity index (χ0) is 10.1. The molecule has 3 N–H and O–H groups in total. The van der Waals surface area contributed by atoms with Crippen LogP contribution in [0.4, 0.5) is 0 Å². The minimum Gasteiger partial charge on any atom is -0.336 e. The lowest BCUT2D eigenvalue weighted by molar-refractivity contribution is 0.0784. The monoisotopic (exact) mass is 194 g/mol. The van der Waals surface area contributed by atoms with E-state index in [0.29, 0.717) is 12.2 Å². The minimum atomic E-state index is 0.00736. The Balaban J connectivity index is 2.13. The Hall–Kier alpha value is -1.36. The van der Waals surface area contributed by atoms with Crippen molar-refractivity contribution in [3.63, 3.8) is 0 Å². The van der Waals surface area contributed by atoms with Crippen LogP contribution in [0.3, 0.4) is 0 Å². The number of H-pyrrole nitrogens is 1. The van der Waals surface area contributed by atoms with Crippen LogP contribution in [-0.4, -0.2) is 40.1 Å². The van der Waals surface area contributed by atoms with Gasteiger partial charge in [-0.1, -0.05) is 0 Å². The van der Waals surface area contributed by atoms with E-state index >= 15 is 0 Å². The predicted molar refractivity (Wildman–Crippen MR) is 51.8 cm³/mol. The highest BCUT2D eigenvalue weighted by atomic mass is 16.2. The molecule has 1 amide bonds. The van der Waals surface area contributed by atoms with Gasteiger partial charge in [0.05, 0.1) is 6.20 Å². The lowest BCUT2D eigenvalue weighted by Crippen LogP contribution is -2.32. The third-order valence-electron chi connectivity index (χ3n) is 2.55. The highest BCUT2D eigenvalue weighted by Gasteiger charge is 2.26. The molecular formula is C9H14N4O. The Morgan fingerprint density at radius 2 is 2.57 bits per heavy atom. The van der Waals surface area contributed by atoms with Crippen molar-refractivity contribution < 1.29 is 4.79 Å². The molecule has 76 valence electrons. The van der Waals surface area contributed by atoms with Gasteiger partial charge in [0.25, 0.3) is 5.91 Å². The third kappa shape index (κ3) is 1.50. The normalized spacial score (nSPS) is 21.6. The van der Waals surface area contributed by atoms with E-state index < -0.39 is 0 Å². The first-order chi connectivity index (χ1) is 6.68. The molecule has 2 rings (SSSR count). The molecule has 2 heterocycles. The summed E-state index contributed by atoms with van der Waals surface area (Å²) >= 11 is 0. The summed E-state index contributed by atoms with van der Waals surface area (Å²) in [4.78, 5) is 13.6. The summed E-state index contributed by atoms with van der Waals surface area (Å²) in [5.41, 5.74) is 7.20. The smallest absolute Gasteiger partial charge is 0.272 e. The van der Waals surface area contributed by atoms with Crippen LogP contribution in [0.25, 0.3) is 0 Å². The zero-order valence-corrected chi connectivity index (χ0v) is 8.16. The largest absolute Gasteiger partial charge is 0.336 e. The van der Waals surface area contributed by atoms with Crippen molar-refractivity contribution in [1.29, 1.82) is 0 Å². The summed E-state index contributed by atoms with van der Waals surface area (Å²) in [7, 11) is 0. The molecule has 0 saturated carbocycles. The zero-order valence-electron chi connectivity index (χ0n) is 8.16. The number of amides is 1. The maximum absolute atomic E-state index is 11.9. The number of carbonyl (C=O) groups is 1. The molecule has 0 aromatic carbocycles. The second kappa shape index (κ2) is 3.42. The molecule has 0 bridgehead atoms. The standard InChI is InChI=1S/C9H14N4O/c1-6-4-11-12-8(6)9(14)13-3-2-7(10)5-13/h4,7H,2-3,5,10H2,1H3,(H,11,12)/t7-/m1/s1. The number of hydrogen-bond donors (Lipinski definition) is 2. The van der Waals surface area contributed by atoms with Crippen LogP contribution in [0.1, 0.15) is 22.5 Å². The van der Waals surface area contributed by atoms with Gasteiger partial charge in [-0.15, -0.1) is 0 Å². The molecule has 14 heavy (non-hydrogen) atoms. The van der Waals surface area contributed by atoms with Gasteiger partial charge in [-0.05, 0) is 18.9 Å². The molecule has 1 aromatic rings. The van der Waals surface area contributed by atoms with Crippen LogP contribution >= 0.6 is 0 Å². The highest BCUT2D eigenvalue weighted by molar-refractivity contribution is 5.93. The first-order valence-corrected chi connectivity index (χ1v) is 4.73. The van der Waals surface area contributed by atoms with Gasteiger partial charge in [0.2, 0.25) is 0 Å². The van der Waals surface area contributed by atoms with Gasteiger partial charge in [-0.2, -0.15) is 5.10 Å². The first-order valence-electron chi connectivity index (χ1n) is 4.73. The van der Waals surface area contributed by atoms with Crippen molar-refractivity contribution in [3.8, 4) is 0 Å². The minimum absolute atomic E-state index is 0.00736. The average Bonchev–Trinajstić information content (AvgIpc) is 2.73. The number of carbonyl (C=O) groups excluding carboxylic acids is 1. The van der Waals surface area contributed by atoms with E-state index in [4.69, 9.17) is 5.73 Å². The number of nitrogens with zero attached hydrogens (tertiary/aromatic N) is 2. The van der Waals surface area contributed by atoms with E-state index in [0.717, 1.165) is 18.5 Å². The number of hydrogen-bond acceptors (Lipinski definition) is 3. The summed E-state index contributed by atoms with van der Waals surface area (Å²) < 4.78 is 0. The molecule has 0 radical (unpaired) electrons. The molecule has 1 aliphatic rings. The number of aromatic nitrogens is 2. The molecule has 5 nitrogen and oxygen atoms in total. The van der Waals surface area contributed by atoms with Crippen molar-refractivity contribution in [1.82, 2.24) is 15.1 Å². The van der Waals surface area contributed by atoms with Gasteiger partial charge in [0, 0.05) is 19.1 Å². The fraction of sp³-hybridized carbons (Fsp3) is 0.556. The molecular weight excluding hydrogens is 180 g/mol. The molecule has 1 saturated heterocycles. The van der Waals surface area contributed by atoms with E-state index in [9.17, 15) is 4.79 Å². The second-order valence-electron chi connectivity index (χ2n) is 3.73. The summed E-state index contributed by atoms with van der Waals surface area (Å²) in [5.74, 6) is 0.00736. The average molecular weight is 194 g/mol. The molecule has 1 aromatic heterocycles. The summed E-state index contributed by atoms with van der Waals surface area (Å²) in [5, 5.41) is 6.54. The summed E-state index contributed by atoms with van der Waals surface area (Å²) in [6, 6.07) is 0.127. The van der Waals surface area contributed by atoms with Gasteiger partial charge < -0.3 is 10.6 Å². The fourth-order valence-corrected chi connectivity index (χ4v) is 1.69. The maximum Gasteiger partial charge on any atom is 0.272 e. The van der Waals surface area contributed by atoms with Gasteiger partial charge in [0.15, 0.2) is 0 Å². The molecule has 0 spiro atoms. The van der Waals surface area contributed by atoms with Crippen LogP contribution in [0, 0.1) is 6.92 Å². The number of nitrogens with one attached hydrogen (secondary N) is 1. The molecule has 1 fully saturated rings. The second-order valence-corrected chi connectivity index (χ2v) is 3.73. The lowest BCUT2D eigenvalue weighted by Gasteiger charge is -2.14. The fourth-order valence-electron chi connectivity index (χ4n) is 1.69. The lowest BCUT2D eigenvalue weighted by atomic mass is 10.2. The van der Waals surface area contributed by atoms with E-state index in [1.165, 1.54) is 0 Å². The maximum atomic E-state index is 11.9. The molecule has 1 atom stereocenters. The number of nitrogens with two attached hydrogens (primary N) is 1. The van der Waals surface area contributed by atoms with Crippen molar-refractivity contribution in [2.24, 2.45) is 5.73 Å². The Bertz CT molecular complexity index is 346. The first kappa shape index (κ1) is 9.21. The van der Waals surface area contributed by atoms with E-state index in [-0.39, 0.29) is 11.9 Å². The van der Waals surface area contributed by atoms with Gasteiger partial charge >= 0.3 is 0 Å². The summed E-state index contributed by atoms with van der Waals surface area (Å²) in [6.07, 6.45) is 2.54. The molecule has 0 unspecified atom stereocenters. The van der Waals surface area contributed by atoms with Crippen LogP contribution in [0.5, 0.6) is 0 Å². The quantitative estimate of drug-likeness (QED) is 0.655. The highest BCUT2D eigenvalue weighted by Crippen LogP contribution is 2.12. The molecule has 1 aliphatic heterocycles. The summed E-state index contributed by atoms with van der Waals surface area (Å²) in [6.45, 7) is 3.27. The van der Waals surface area contributed by atoms with E-state index in [2.05, 4.69) is 10.2 Å². The van der Waals surface area contributed by atoms with Gasteiger partial charge in [-0.25, -0.2) is 0 Å². The van der Waals surface area contributed by atoms with Crippen molar-refractivity contribution in [2.75, 3.05) is 13.1 Å². The van der Waals surface area contributed by atoms with Crippen LogP contribution in [-0.2, 0) is 0 Å². The molecule has 0 aliphatic carbocycles. The predicted octanol–water partition coefficient (Wildman–Crippen LogP) is -0.109. The van der Waals surface area contributed by atoms with E-state index in [1.807, 2.05) is 6.92 Å². The Morgan fingerprint density at radius 1 is 1.79 bits per heavy atom. The Kier molecular flexibility index (Phi) is 2.25. The third-order valence-corrected chi connectivity index (χ3v) is 2.55. The van der Waals surface area contributed by atoms with Gasteiger partial charge in [0.1, 0.15) is 5.69 Å². The molecule has 5 heteroatoms. The number of likely N-dealkylation sites (tertiary alicyclic amines) is 1. The van der Waals surface area contributed by atoms with Crippen LogP contribution in [0.15, 0.2) is 6.20 Å². The topological polar surface area (TPSA) is 75.0 Å². The number of aryl methyl sites for hydroxylation is 1. The SMILES string of the molecule is Cc1cn[nH]c1C(=O)N1CC[C@@H](N)C1. The number of rotatable bonds is 1. The van der Waals surface area contributed by atoms with Crippen LogP contribution < -0.4 is 5.73 Å². The Labute approximate surface area is 82.3 Å². The van der Waals surface area contributed by atoms with Crippen molar-refractivity contribution in [2.45, 2.75) is 19.4 Å². The number of aromatic amines is 1.